The molecule has 0 saturated carbocycles. The third-order valence-corrected chi connectivity index (χ3v) is 5.02. The molecule has 0 radical (unpaired) electrons. The molecule has 1 saturated heterocycles. The van der Waals surface area contributed by atoms with E-state index in [-0.39, 0.29) is 24.3 Å². The fourth-order valence-electron chi connectivity index (χ4n) is 3.34. The highest BCUT2D eigenvalue weighted by Gasteiger charge is 2.42. The highest BCUT2D eigenvalue weighted by atomic mass is 16.4. The zero-order valence-corrected chi connectivity index (χ0v) is 15.6. The summed E-state index contributed by atoms with van der Waals surface area (Å²) in [5, 5.41) is 12.6. The molecule has 1 aliphatic heterocycles. The molecule has 1 heterocycles. The first kappa shape index (κ1) is 19.8. The van der Waals surface area contributed by atoms with Crippen molar-refractivity contribution in [2.75, 3.05) is 27.2 Å². The monoisotopic (exact) mass is 361 g/mol. The topological polar surface area (TPSA) is 90.0 Å². The van der Waals surface area contributed by atoms with Gasteiger partial charge in [0.15, 0.2) is 5.54 Å². The van der Waals surface area contributed by atoms with Crippen LogP contribution in [0.25, 0.3) is 0 Å². The number of likely N-dealkylation sites (tertiary alicyclic amines) is 1. The molecule has 1 aromatic carbocycles. The van der Waals surface area contributed by atoms with E-state index in [0.717, 1.165) is 0 Å². The Labute approximate surface area is 154 Å². The van der Waals surface area contributed by atoms with Crippen molar-refractivity contribution in [1.29, 1.82) is 0 Å². The van der Waals surface area contributed by atoms with Gasteiger partial charge >= 0.3 is 12.0 Å². The van der Waals surface area contributed by atoms with Crippen molar-refractivity contribution in [1.82, 2.24) is 15.1 Å². The molecule has 0 aliphatic carbocycles. The maximum Gasteiger partial charge on any atom is 0.334 e. The molecule has 1 unspecified atom stereocenters. The molecule has 0 aromatic heterocycles. The number of hydrogen-bond acceptors (Lipinski definition) is 3. The van der Waals surface area contributed by atoms with Gasteiger partial charge in [-0.3, -0.25) is 4.79 Å². The Hall–Kier alpha value is -2.57. The van der Waals surface area contributed by atoms with Crippen LogP contribution in [-0.4, -0.2) is 60.0 Å². The maximum atomic E-state index is 12.8. The summed E-state index contributed by atoms with van der Waals surface area (Å²) in [7, 11) is 3.40. The molecule has 2 N–H and O–H groups in total. The number of carbonyl (C=O) groups is 3. The number of urea groups is 1. The average molecular weight is 361 g/mol. The van der Waals surface area contributed by atoms with Crippen LogP contribution in [0.2, 0.25) is 0 Å². The number of nitrogens with one attached hydrogen (secondary N) is 1. The number of carboxylic acids is 1. The minimum atomic E-state index is -1.44. The summed E-state index contributed by atoms with van der Waals surface area (Å²) < 4.78 is 0. The molecular weight excluding hydrogens is 334 g/mol. The Kier molecular flexibility index (Phi) is 6.23. The van der Waals surface area contributed by atoms with E-state index < -0.39 is 11.5 Å². The van der Waals surface area contributed by atoms with Gasteiger partial charge in [-0.05, 0) is 24.8 Å². The molecule has 7 heteroatoms. The van der Waals surface area contributed by atoms with Crippen molar-refractivity contribution in [3.8, 4) is 0 Å². The Bertz CT molecular complexity index is 654. The van der Waals surface area contributed by atoms with Crippen LogP contribution in [0.4, 0.5) is 4.79 Å². The maximum absolute atomic E-state index is 12.8. The van der Waals surface area contributed by atoms with Gasteiger partial charge in [0, 0.05) is 33.1 Å². The van der Waals surface area contributed by atoms with E-state index in [1.807, 2.05) is 6.07 Å². The second-order valence-corrected chi connectivity index (χ2v) is 6.86. The Morgan fingerprint density at radius 2 is 1.77 bits per heavy atom. The highest BCUT2D eigenvalue weighted by molar-refractivity contribution is 5.89. The van der Waals surface area contributed by atoms with E-state index in [9.17, 15) is 19.5 Å². The first-order valence-electron chi connectivity index (χ1n) is 8.89. The molecule has 1 atom stereocenters. The van der Waals surface area contributed by atoms with Gasteiger partial charge in [0.05, 0.1) is 0 Å². The number of nitrogens with zero attached hydrogens (tertiary/aromatic N) is 2. The van der Waals surface area contributed by atoms with Crippen LogP contribution in [0.5, 0.6) is 0 Å². The summed E-state index contributed by atoms with van der Waals surface area (Å²) in [5.41, 5.74) is -0.877. The minimum absolute atomic E-state index is 0.0680. The zero-order valence-electron chi connectivity index (χ0n) is 15.6. The number of amides is 3. The van der Waals surface area contributed by atoms with Crippen LogP contribution in [0.1, 0.15) is 31.7 Å². The normalized spacial score (nSPS) is 17.3. The fraction of sp³-hybridized carbons (Fsp3) is 0.526. The molecule has 1 aliphatic rings. The minimum Gasteiger partial charge on any atom is -0.479 e. The standard InChI is InChI=1S/C19H27N3O4/c1-4-19(17(24)25,15-8-6-5-7-9-15)20-16(23)14-10-12-22(13-11-14)18(26)21(2)3/h5-9,14H,4,10-13H2,1-3H3,(H,20,23)(H,24,25). The zero-order chi connectivity index (χ0) is 19.3. The summed E-state index contributed by atoms with van der Waals surface area (Å²) in [6.45, 7) is 2.74. The SMILES string of the molecule is CCC(NC(=O)C1CCN(C(=O)N(C)C)CC1)(C(=O)O)c1ccccc1. The Balaban J connectivity index is 2.10. The van der Waals surface area contributed by atoms with Gasteiger partial charge in [-0.25, -0.2) is 9.59 Å². The molecule has 2 rings (SSSR count). The summed E-state index contributed by atoms with van der Waals surface area (Å²) in [5.74, 6) is -1.63. The van der Waals surface area contributed by atoms with Gasteiger partial charge in [-0.15, -0.1) is 0 Å². The first-order valence-corrected chi connectivity index (χ1v) is 8.89. The van der Waals surface area contributed by atoms with Crippen LogP contribution >= 0.6 is 0 Å². The predicted octanol–water partition coefficient (Wildman–Crippen LogP) is 1.89. The number of benzene rings is 1. The van der Waals surface area contributed by atoms with Gasteiger partial charge < -0.3 is 20.2 Å². The molecule has 0 bridgehead atoms. The van der Waals surface area contributed by atoms with Gasteiger partial charge in [-0.2, -0.15) is 0 Å². The number of aliphatic carboxylic acids is 1. The van der Waals surface area contributed by atoms with E-state index in [2.05, 4.69) is 5.32 Å². The van der Waals surface area contributed by atoms with Crippen LogP contribution < -0.4 is 5.32 Å². The van der Waals surface area contributed by atoms with Crippen molar-refractivity contribution in [3.63, 3.8) is 0 Å². The van der Waals surface area contributed by atoms with E-state index in [1.165, 1.54) is 4.90 Å². The summed E-state index contributed by atoms with van der Waals surface area (Å²) >= 11 is 0. The molecule has 1 aromatic rings. The number of piperidine rings is 1. The largest absolute Gasteiger partial charge is 0.479 e. The molecule has 26 heavy (non-hydrogen) atoms. The van der Waals surface area contributed by atoms with Gasteiger partial charge in [0.2, 0.25) is 5.91 Å². The molecule has 7 nitrogen and oxygen atoms in total. The number of rotatable bonds is 5. The van der Waals surface area contributed by atoms with Crippen molar-refractivity contribution < 1.29 is 19.5 Å². The second kappa shape index (κ2) is 8.21. The molecular formula is C19H27N3O4. The third-order valence-electron chi connectivity index (χ3n) is 5.02. The smallest absolute Gasteiger partial charge is 0.334 e. The van der Waals surface area contributed by atoms with Gasteiger partial charge in [0.1, 0.15) is 0 Å². The van der Waals surface area contributed by atoms with Gasteiger partial charge in [-0.1, -0.05) is 37.3 Å². The van der Waals surface area contributed by atoms with E-state index in [4.69, 9.17) is 0 Å². The average Bonchev–Trinajstić information content (AvgIpc) is 2.65. The Morgan fingerprint density at radius 3 is 2.23 bits per heavy atom. The van der Waals surface area contributed by atoms with E-state index in [0.29, 0.717) is 31.5 Å². The third kappa shape index (κ3) is 3.98. The highest BCUT2D eigenvalue weighted by Crippen LogP contribution is 2.27. The summed E-state index contributed by atoms with van der Waals surface area (Å²) in [6, 6.07) is 8.71. The first-order chi connectivity index (χ1) is 12.3. The lowest BCUT2D eigenvalue weighted by Crippen LogP contribution is -2.54. The molecule has 142 valence electrons. The lowest BCUT2D eigenvalue weighted by molar-refractivity contribution is -0.149. The van der Waals surface area contributed by atoms with Crippen LogP contribution in [-0.2, 0) is 15.1 Å². The summed E-state index contributed by atoms with van der Waals surface area (Å²) in [6.07, 6.45) is 1.30. The van der Waals surface area contributed by atoms with Crippen molar-refractivity contribution in [3.05, 3.63) is 35.9 Å². The van der Waals surface area contributed by atoms with Crippen molar-refractivity contribution in [2.24, 2.45) is 5.92 Å². The lowest BCUT2D eigenvalue weighted by Gasteiger charge is -2.36. The van der Waals surface area contributed by atoms with Gasteiger partial charge in [0.25, 0.3) is 0 Å². The molecule has 1 fully saturated rings. The summed E-state index contributed by atoms with van der Waals surface area (Å²) in [4.78, 5) is 40.0. The van der Waals surface area contributed by atoms with E-state index >= 15 is 0 Å². The van der Waals surface area contributed by atoms with Crippen molar-refractivity contribution >= 4 is 17.9 Å². The quantitative estimate of drug-likeness (QED) is 0.838. The van der Waals surface area contributed by atoms with E-state index in [1.54, 1.807) is 50.2 Å². The fourth-order valence-corrected chi connectivity index (χ4v) is 3.34. The van der Waals surface area contributed by atoms with Crippen LogP contribution in [0, 0.1) is 5.92 Å². The number of carboxylic acid groups (broad SMARTS) is 1. The van der Waals surface area contributed by atoms with Crippen LogP contribution in [0.3, 0.4) is 0 Å². The predicted molar refractivity (Wildman–Crippen MR) is 97.6 cm³/mol. The number of hydrogen-bond donors (Lipinski definition) is 2. The molecule has 3 amide bonds. The molecule has 0 spiro atoms. The lowest BCUT2D eigenvalue weighted by atomic mass is 9.85. The number of carbonyl (C=O) groups excluding carboxylic acids is 2. The van der Waals surface area contributed by atoms with Crippen molar-refractivity contribution in [2.45, 2.75) is 31.7 Å². The van der Waals surface area contributed by atoms with Crippen LogP contribution in [0.15, 0.2) is 30.3 Å². The second-order valence-electron chi connectivity index (χ2n) is 6.86. The Morgan fingerprint density at radius 1 is 1.19 bits per heavy atom.